The molecule has 1 aliphatic heterocycles. The molecule has 2 nitrogen and oxygen atoms in total. The maximum Gasteiger partial charge on any atom is 0.212 e. The molecule has 0 radical (unpaired) electrons. The van der Waals surface area contributed by atoms with Gasteiger partial charge in [0.25, 0.3) is 0 Å². The van der Waals surface area contributed by atoms with E-state index < -0.39 is 0 Å². The van der Waals surface area contributed by atoms with Crippen LogP contribution in [0.25, 0.3) is 10.8 Å². The van der Waals surface area contributed by atoms with E-state index in [1.807, 2.05) is 24.3 Å². The third kappa shape index (κ3) is 0.827. The van der Waals surface area contributed by atoms with Crippen molar-refractivity contribution >= 4 is 10.8 Å². The van der Waals surface area contributed by atoms with Crippen LogP contribution < -0.4 is 9.47 Å². The Kier molecular flexibility index (Phi) is 1.13. The first kappa shape index (κ1) is 6.78. The molecule has 0 saturated carbocycles. The second kappa shape index (κ2) is 2.16. The zero-order valence-corrected chi connectivity index (χ0v) is 7.20. The van der Waals surface area contributed by atoms with Crippen molar-refractivity contribution < 1.29 is 9.47 Å². The van der Waals surface area contributed by atoms with Crippen LogP contribution in [0.2, 0.25) is 0 Å². The molecular formula is C11H8O2. The van der Waals surface area contributed by atoms with E-state index in [2.05, 4.69) is 6.07 Å². The molecule has 0 spiro atoms. The number of rotatable bonds is 1. The molecule has 0 unspecified atom stereocenters. The van der Waals surface area contributed by atoms with Crippen LogP contribution >= 0.6 is 0 Å². The smallest absolute Gasteiger partial charge is 0.212 e. The molecule has 0 atom stereocenters. The maximum atomic E-state index is 5.29. The van der Waals surface area contributed by atoms with E-state index in [-0.39, 0.29) is 0 Å². The van der Waals surface area contributed by atoms with Gasteiger partial charge in [0, 0.05) is 5.39 Å². The Bertz CT molecular complexity index is 489. The molecule has 13 heavy (non-hydrogen) atoms. The first-order chi connectivity index (χ1) is 6.40. The summed E-state index contributed by atoms with van der Waals surface area (Å²) < 4.78 is 10.6. The van der Waals surface area contributed by atoms with E-state index in [0.29, 0.717) is 0 Å². The predicted octanol–water partition coefficient (Wildman–Crippen LogP) is 2.95. The average molecular weight is 172 g/mol. The molecule has 1 aliphatic rings. The zero-order chi connectivity index (χ0) is 8.84. The molecular weight excluding hydrogens is 164 g/mol. The van der Waals surface area contributed by atoms with E-state index >= 15 is 0 Å². The summed E-state index contributed by atoms with van der Waals surface area (Å²) in [5, 5.41) is 2.27. The van der Waals surface area contributed by atoms with Crippen molar-refractivity contribution in [2.75, 3.05) is 7.11 Å². The van der Waals surface area contributed by atoms with Gasteiger partial charge in [-0.2, -0.15) is 0 Å². The Hall–Kier alpha value is -1.70. The molecule has 3 rings (SSSR count). The van der Waals surface area contributed by atoms with E-state index in [1.165, 1.54) is 0 Å². The summed E-state index contributed by atoms with van der Waals surface area (Å²) >= 11 is 0. The van der Waals surface area contributed by atoms with Gasteiger partial charge in [0.2, 0.25) is 5.75 Å². The quantitative estimate of drug-likeness (QED) is 0.526. The number of methoxy groups -OCH3 is 1. The Morgan fingerprint density at radius 1 is 1.23 bits per heavy atom. The summed E-state index contributed by atoms with van der Waals surface area (Å²) in [6, 6.07) is 10.1. The van der Waals surface area contributed by atoms with Gasteiger partial charge in [0.05, 0.1) is 7.11 Å². The SMILES string of the molecule is COc1c2c(cc3ccccc13)O2. The van der Waals surface area contributed by atoms with Gasteiger partial charge in [-0.25, -0.2) is 0 Å². The van der Waals surface area contributed by atoms with Crippen LogP contribution in [0.3, 0.4) is 0 Å². The first-order valence-electron chi connectivity index (χ1n) is 4.18. The molecule has 2 aromatic carbocycles. The molecule has 0 N–H and O–H groups in total. The van der Waals surface area contributed by atoms with E-state index in [9.17, 15) is 0 Å². The van der Waals surface area contributed by atoms with Crippen LogP contribution in [0.15, 0.2) is 30.3 Å². The Balaban J connectivity index is 2.45. The molecule has 0 aromatic heterocycles. The third-order valence-corrected chi connectivity index (χ3v) is 2.30. The van der Waals surface area contributed by atoms with Crippen molar-refractivity contribution in [1.29, 1.82) is 0 Å². The molecule has 2 heteroatoms. The fraction of sp³-hybridized carbons (Fsp3) is 0.0909. The highest BCUT2D eigenvalue weighted by Crippen LogP contribution is 2.55. The average Bonchev–Trinajstić information content (AvgIpc) is 2.92. The predicted molar refractivity (Wildman–Crippen MR) is 50.6 cm³/mol. The van der Waals surface area contributed by atoms with Crippen molar-refractivity contribution in [3.63, 3.8) is 0 Å². The van der Waals surface area contributed by atoms with Gasteiger partial charge in [-0.05, 0) is 11.5 Å². The molecule has 0 aliphatic carbocycles. The van der Waals surface area contributed by atoms with E-state index in [4.69, 9.17) is 9.47 Å². The number of hydrogen-bond donors (Lipinski definition) is 0. The van der Waals surface area contributed by atoms with Gasteiger partial charge in [-0.1, -0.05) is 24.3 Å². The minimum atomic E-state index is 0.855. The van der Waals surface area contributed by atoms with E-state index in [1.54, 1.807) is 7.11 Å². The highest BCUT2D eigenvalue weighted by atomic mass is 16.6. The monoisotopic (exact) mass is 172 g/mol. The molecule has 0 saturated heterocycles. The summed E-state index contributed by atoms with van der Waals surface area (Å²) in [4.78, 5) is 0. The normalized spacial score (nSPS) is 12.1. The number of benzene rings is 2. The minimum Gasteiger partial charge on any atom is -0.492 e. The molecule has 1 heterocycles. The lowest BCUT2D eigenvalue weighted by Crippen LogP contribution is -1.81. The summed E-state index contributed by atoms with van der Waals surface area (Å²) in [7, 11) is 1.67. The van der Waals surface area contributed by atoms with Crippen LogP contribution in [0.4, 0.5) is 0 Å². The summed E-state index contributed by atoms with van der Waals surface area (Å²) in [6.45, 7) is 0. The van der Waals surface area contributed by atoms with Crippen LogP contribution in [0.1, 0.15) is 0 Å². The molecule has 0 bridgehead atoms. The van der Waals surface area contributed by atoms with Crippen LogP contribution in [0.5, 0.6) is 17.2 Å². The van der Waals surface area contributed by atoms with E-state index in [0.717, 1.165) is 28.0 Å². The van der Waals surface area contributed by atoms with Crippen LogP contribution in [0, 0.1) is 0 Å². The topological polar surface area (TPSA) is 21.8 Å². The van der Waals surface area contributed by atoms with Crippen LogP contribution in [-0.2, 0) is 0 Å². The highest BCUT2D eigenvalue weighted by Gasteiger charge is 2.27. The Morgan fingerprint density at radius 3 is 2.92 bits per heavy atom. The first-order valence-corrected chi connectivity index (χ1v) is 4.18. The van der Waals surface area contributed by atoms with Crippen molar-refractivity contribution in [1.82, 2.24) is 0 Å². The van der Waals surface area contributed by atoms with Crippen molar-refractivity contribution in [3.05, 3.63) is 30.3 Å². The number of ether oxygens (including phenoxy) is 2. The largest absolute Gasteiger partial charge is 0.492 e. The van der Waals surface area contributed by atoms with Gasteiger partial charge in [-0.15, -0.1) is 0 Å². The van der Waals surface area contributed by atoms with Gasteiger partial charge in [-0.3, -0.25) is 0 Å². The fourth-order valence-corrected chi connectivity index (χ4v) is 1.63. The molecule has 2 aromatic rings. The summed E-state index contributed by atoms with van der Waals surface area (Å²) in [5.41, 5.74) is 0. The van der Waals surface area contributed by atoms with Gasteiger partial charge < -0.3 is 9.47 Å². The fourth-order valence-electron chi connectivity index (χ4n) is 1.63. The molecule has 0 fully saturated rings. The molecule has 64 valence electrons. The Labute approximate surface area is 75.7 Å². The van der Waals surface area contributed by atoms with Crippen LogP contribution in [-0.4, -0.2) is 7.11 Å². The van der Waals surface area contributed by atoms with Crippen molar-refractivity contribution in [2.24, 2.45) is 0 Å². The number of fused-ring (bicyclic) bond motifs is 2. The lowest BCUT2D eigenvalue weighted by molar-refractivity contribution is 0.413. The zero-order valence-electron chi connectivity index (χ0n) is 7.20. The third-order valence-electron chi connectivity index (χ3n) is 2.30. The standard InChI is InChI=1S/C11H8O2/c1-12-10-8-5-3-2-4-7(8)6-9-11(10)13-9/h2-6H,1H3. The minimum absolute atomic E-state index is 0.855. The van der Waals surface area contributed by atoms with Crippen molar-refractivity contribution in [3.8, 4) is 17.2 Å². The molecule has 0 amide bonds. The lowest BCUT2D eigenvalue weighted by Gasteiger charge is -2.00. The van der Waals surface area contributed by atoms with Crippen molar-refractivity contribution in [2.45, 2.75) is 0 Å². The second-order valence-corrected chi connectivity index (χ2v) is 3.06. The summed E-state index contributed by atoms with van der Waals surface area (Å²) in [6.07, 6.45) is 0. The van der Waals surface area contributed by atoms with Gasteiger partial charge in [0.15, 0.2) is 11.5 Å². The number of hydrogen-bond acceptors (Lipinski definition) is 2. The van der Waals surface area contributed by atoms with Gasteiger partial charge >= 0.3 is 0 Å². The maximum absolute atomic E-state index is 5.29. The highest BCUT2D eigenvalue weighted by molar-refractivity contribution is 5.95. The van der Waals surface area contributed by atoms with Gasteiger partial charge in [0.1, 0.15) is 0 Å². The summed E-state index contributed by atoms with van der Waals surface area (Å²) in [5.74, 6) is 2.69. The Morgan fingerprint density at radius 2 is 2.08 bits per heavy atom. The lowest BCUT2D eigenvalue weighted by atomic mass is 10.1. The second-order valence-electron chi connectivity index (χ2n) is 3.06.